The van der Waals surface area contributed by atoms with Crippen LogP contribution in [0.25, 0.3) is 0 Å². The molecule has 1 atom stereocenters. The van der Waals surface area contributed by atoms with Gasteiger partial charge in [-0.2, -0.15) is 0 Å². The summed E-state index contributed by atoms with van der Waals surface area (Å²) in [5.41, 5.74) is 0. The van der Waals surface area contributed by atoms with E-state index in [1.807, 2.05) is 0 Å². The van der Waals surface area contributed by atoms with Gasteiger partial charge >= 0.3 is 8.05 Å². The molecule has 0 saturated carbocycles. The first-order valence-corrected chi connectivity index (χ1v) is 4.05. The van der Waals surface area contributed by atoms with Crippen molar-refractivity contribution in [3.8, 4) is 0 Å². The first kappa shape index (κ1) is 8.10. The van der Waals surface area contributed by atoms with Crippen LogP contribution >= 0.6 is 34.6 Å². The Kier molecular flexibility index (Phi) is 6.07. The molecule has 4 heteroatoms. The van der Waals surface area contributed by atoms with Crippen LogP contribution in [0.2, 0.25) is 0 Å². The monoisotopic (exact) mass is 228 g/mol. The van der Waals surface area contributed by atoms with Gasteiger partial charge in [-0.3, -0.25) is 0 Å². The Bertz CT molecular complexity index is 43.9. The zero-order valence-corrected chi connectivity index (χ0v) is 7.03. The van der Waals surface area contributed by atoms with E-state index in [2.05, 4.69) is 33.6 Å². The van der Waals surface area contributed by atoms with Crippen molar-refractivity contribution in [2.75, 3.05) is 5.75 Å². The molecule has 40 valence electrons. The van der Waals surface area contributed by atoms with Crippen molar-refractivity contribution in [1.82, 2.24) is 0 Å². The van der Waals surface area contributed by atoms with E-state index >= 15 is 0 Å². The summed E-state index contributed by atoms with van der Waals surface area (Å²) in [6.07, 6.45) is 0. The predicted octanol–water partition coefficient (Wildman–Crippen LogP) is 1.56. The van der Waals surface area contributed by atoms with Crippen molar-refractivity contribution < 1.29 is 4.10 Å². The Morgan fingerprint density at radius 1 is 2.00 bits per heavy atom. The van der Waals surface area contributed by atoms with Crippen LogP contribution in [0.5, 0.6) is 0 Å². The van der Waals surface area contributed by atoms with E-state index in [1.165, 1.54) is 12.0 Å². The van der Waals surface area contributed by atoms with Gasteiger partial charge in [0, 0.05) is 9.68 Å². The second-order valence-corrected chi connectivity index (χ2v) is 4.05. The average molecular weight is 228 g/mol. The van der Waals surface area contributed by atoms with Crippen molar-refractivity contribution in [2.24, 2.45) is 0 Å². The summed E-state index contributed by atoms with van der Waals surface area (Å²) < 4.78 is 4.90. The molecule has 7 heavy (non-hydrogen) atoms. The second-order valence-electron chi connectivity index (χ2n) is 1.16. The van der Waals surface area contributed by atoms with Crippen LogP contribution in [0.4, 0.5) is 0 Å². The van der Waals surface area contributed by atoms with Crippen LogP contribution in [-0.4, -0.2) is 17.7 Å². The van der Waals surface area contributed by atoms with Crippen LogP contribution in [-0.2, 0) is 4.10 Å². The normalized spacial score (nSPS) is 14.0. The fraction of sp³-hybridized carbons (Fsp3) is 1.00. The average Bonchev–Trinajstić information content (AvgIpc) is 1.61. The number of hydrogen-bond donors (Lipinski definition) is 0. The summed E-state index contributed by atoms with van der Waals surface area (Å²) in [6, 6.07) is 0. The summed E-state index contributed by atoms with van der Waals surface area (Å²) >= 11 is 3.60. The van der Waals surface area contributed by atoms with Crippen molar-refractivity contribution in [1.29, 1.82) is 0 Å². The maximum absolute atomic E-state index is 4.74. The highest BCUT2D eigenvalue weighted by Crippen LogP contribution is 2.07. The molecule has 0 heterocycles. The summed E-state index contributed by atoms with van der Waals surface area (Å²) in [6.45, 7) is 2.10. The highest BCUT2D eigenvalue weighted by atomic mass is 127. The minimum Gasteiger partial charge on any atom is -0.389 e. The maximum atomic E-state index is 4.74. The van der Waals surface area contributed by atoms with Gasteiger partial charge in [0.25, 0.3) is 0 Å². The fourth-order valence-electron chi connectivity index (χ4n) is 0.133. The van der Waals surface area contributed by atoms with Crippen LogP contribution in [0, 0.1) is 0 Å². The minimum absolute atomic E-state index is 0.631. The quantitative estimate of drug-likeness (QED) is 0.313. The predicted molar refractivity (Wildman–Crippen MR) is 42.8 cm³/mol. The first-order chi connectivity index (χ1) is 3.27. The van der Waals surface area contributed by atoms with E-state index in [-0.39, 0.29) is 0 Å². The van der Waals surface area contributed by atoms with E-state index in [1.54, 1.807) is 0 Å². The van der Waals surface area contributed by atoms with Crippen LogP contribution < -0.4 is 0 Å². The third-order valence-electron chi connectivity index (χ3n) is 0.366. The zero-order valence-electron chi connectivity index (χ0n) is 4.06. The molecule has 0 unspecified atom stereocenters. The second kappa shape index (κ2) is 5.25. The highest BCUT2D eigenvalue weighted by molar-refractivity contribution is 14.1. The molecule has 0 saturated heterocycles. The van der Waals surface area contributed by atoms with Gasteiger partial charge in [0.15, 0.2) is 0 Å². The van der Waals surface area contributed by atoms with E-state index in [4.69, 9.17) is 8.05 Å². The van der Waals surface area contributed by atoms with Gasteiger partial charge in [-0.25, -0.2) is 0 Å². The molecule has 0 aliphatic carbocycles. The van der Waals surface area contributed by atoms with Crippen molar-refractivity contribution >= 4 is 42.7 Å². The summed E-state index contributed by atoms with van der Waals surface area (Å²) in [5, 5.41) is 0. The summed E-state index contributed by atoms with van der Waals surface area (Å²) in [5.74, 6) is 0.955. The number of alkyl halides is 1. The largest absolute Gasteiger partial charge is 0.389 e. The van der Waals surface area contributed by atoms with Gasteiger partial charge < -0.3 is 4.10 Å². The van der Waals surface area contributed by atoms with Crippen molar-refractivity contribution in [3.05, 3.63) is 0 Å². The number of hydrogen-bond acceptors (Lipinski definition) is 2. The molecule has 0 fully saturated rings. The molecule has 2 radical (unpaired) electrons. The maximum Gasteiger partial charge on any atom is 0.305 e. The van der Waals surface area contributed by atoms with Gasteiger partial charge in [0.05, 0.1) is 0 Å². The van der Waals surface area contributed by atoms with E-state index in [0.29, 0.717) is 3.92 Å². The van der Waals surface area contributed by atoms with Gasteiger partial charge in [-0.1, -0.05) is 29.5 Å². The smallest absolute Gasteiger partial charge is 0.305 e. The summed E-state index contributed by atoms with van der Waals surface area (Å²) in [4.78, 5) is 0. The van der Waals surface area contributed by atoms with E-state index in [9.17, 15) is 0 Å². The Balaban J connectivity index is 2.68. The molecular formula is C3H6BIOS. The lowest BCUT2D eigenvalue weighted by molar-refractivity contribution is 0.723. The molecule has 0 aromatic carbocycles. The summed E-state index contributed by atoms with van der Waals surface area (Å²) in [7, 11) is 4.74. The molecule has 0 amide bonds. The van der Waals surface area contributed by atoms with Crippen LogP contribution in [0.1, 0.15) is 6.92 Å². The lowest BCUT2D eigenvalue weighted by atomic mass is 10.6. The van der Waals surface area contributed by atoms with E-state index in [0.717, 1.165) is 5.75 Å². The Hall–Kier alpha value is 1.10. The third-order valence-corrected chi connectivity index (χ3v) is 2.18. The molecular weight excluding hydrogens is 222 g/mol. The fourth-order valence-corrected chi connectivity index (χ4v) is 0.840. The van der Waals surface area contributed by atoms with E-state index < -0.39 is 0 Å². The highest BCUT2D eigenvalue weighted by Gasteiger charge is 1.91. The lowest BCUT2D eigenvalue weighted by Crippen LogP contribution is -1.92. The Labute approximate surface area is 63.4 Å². The van der Waals surface area contributed by atoms with Gasteiger partial charge in [0.1, 0.15) is 0 Å². The molecule has 0 aliphatic rings. The zero-order chi connectivity index (χ0) is 5.70. The molecule has 0 bridgehead atoms. The minimum atomic E-state index is 0.631. The Morgan fingerprint density at radius 3 is 2.71 bits per heavy atom. The topological polar surface area (TPSA) is 9.23 Å². The Morgan fingerprint density at radius 2 is 2.57 bits per heavy atom. The van der Waals surface area contributed by atoms with Gasteiger partial charge in [-0.15, -0.1) is 0 Å². The van der Waals surface area contributed by atoms with Crippen LogP contribution in [0.15, 0.2) is 0 Å². The standard InChI is InChI=1S/C3H6BIOS/c1-3(5)2-7-6-4/h3H,2H2,1H3/t3-/m0/s1. The molecule has 0 spiro atoms. The van der Waals surface area contributed by atoms with Gasteiger partial charge in [-0.05, 0) is 12.0 Å². The van der Waals surface area contributed by atoms with Crippen molar-refractivity contribution in [3.63, 3.8) is 0 Å². The molecule has 0 rings (SSSR count). The first-order valence-electron chi connectivity index (χ1n) is 1.89. The number of rotatable bonds is 3. The molecule has 1 nitrogen and oxygen atoms in total. The molecule has 0 N–H and O–H groups in total. The number of halogens is 1. The lowest BCUT2D eigenvalue weighted by Gasteiger charge is -1.97. The van der Waals surface area contributed by atoms with Crippen LogP contribution in [0.3, 0.4) is 0 Å². The molecule has 0 aliphatic heterocycles. The molecule has 0 aromatic rings. The van der Waals surface area contributed by atoms with Crippen molar-refractivity contribution in [2.45, 2.75) is 10.8 Å². The molecule has 0 aromatic heterocycles. The SMILES string of the molecule is [B]OSC[C@H](C)I. The van der Waals surface area contributed by atoms with Gasteiger partial charge in [0.2, 0.25) is 0 Å². The third kappa shape index (κ3) is 7.10.